The molecule has 2 heterocycles. The summed E-state index contributed by atoms with van der Waals surface area (Å²) in [6.07, 6.45) is 2.90. The number of nitrogens with one attached hydrogen (secondary N) is 3. The number of benzene rings is 2. The van der Waals surface area contributed by atoms with E-state index in [2.05, 4.69) is 37.9 Å². The van der Waals surface area contributed by atoms with Gasteiger partial charge < -0.3 is 20.1 Å². The second kappa shape index (κ2) is 14.9. The average Bonchev–Trinajstić information content (AvgIpc) is 3.59. The Morgan fingerprint density at radius 3 is 2.40 bits per heavy atom. The van der Waals surface area contributed by atoms with Crippen LogP contribution in [0.3, 0.4) is 0 Å². The lowest BCUT2D eigenvalue weighted by atomic mass is 10.0. The van der Waals surface area contributed by atoms with Crippen LogP contribution < -0.4 is 37.2 Å². The van der Waals surface area contributed by atoms with Crippen molar-refractivity contribution in [1.82, 2.24) is 31.0 Å². The van der Waals surface area contributed by atoms with Crippen molar-refractivity contribution in [3.8, 4) is 11.5 Å². The highest BCUT2D eigenvalue weighted by Crippen LogP contribution is 2.33. The van der Waals surface area contributed by atoms with Gasteiger partial charge in [0.15, 0.2) is 11.5 Å². The van der Waals surface area contributed by atoms with Crippen LogP contribution in [0, 0.1) is 0 Å². The Bertz CT molecular complexity index is 1300. The van der Waals surface area contributed by atoms with Gasteiger partial charge in [-0.3, -0.25) is 26.7 Å². The van der Waals surface area contributed by atoms with Crippen molar-refractivity contribution >= 4 is 11.8 Å². The van der Waals surface area contributed by atoms with E-state index in [-0.39, 0.29) is 36.7 Å². The van der Waals surface area contributed by atoms with E-state index >= 15 is 0 Å². The molecule has 1 aliphatic carbocycles. The predicted molar refractivity (Wildman–Crippen MR) is 151 cm³/mol. The van der Waals surface area contributed by atoms with Gasteiger partial charge >= 0.3 is 0 Å². The van der Waals surface area contributed by atoms with E-state index < -0.39 is 5.91 Å². The molecule has 5 rings (SSSR count). The van der Waals surface area contributed by atoms with Gasteiger partial charge in [0.05, 0.1) is 6.04 Å². The van der Waals surface area contributed by atoms with Crippen molar-refractivity contribution in [3.05, 3.63) is 82.4 Å². The average molecular weight is 551 g/mol. The minimum atomic E-state index is -0.400. The van der Waals surface area contributed by atoms with Crippen molar-refractivity contribution in [1.29, 1.82) is 0 Å². The summed E-state index contributed by atoms with van der Waals surface area (Å²) >= 11 is 0. The number of carbonyl (C=O) groups is 2. The highest BCUT2D eigenvalue weighted by Gasteiger charge is 2.25. The van der Waals surface area contributed by atoms with E-state index in [0.29, 0.717) is 18.0 Å². The molecule has 7 N–H and O–H groups in total. The van der Waals surface area contributed by atoms with Crippen molar-refractivity contribution in [2.75, 3.05) is 20.9 Å². The third-order valence-corrected chi connectivity index (χ3v) is 6.04. The monoisotopic (exact) mass is 550 g/mol. The zero-order valence-electron chi connectivity index (χ0n) is 23.4. The van der Waals surface area contributed by atoms with E-state index in [4.69, 9.17) is 15.3 Å². The Hall–Kier alpha value is -4.10. The summed E-state index contributed by atoms with van der Waals surface area (Å²) in [5, 5.41) is 7.48. The Morgan fingerprint density at radius 1 is 1.00 bits per heavy atom. The molecule has 12 heteroatoms. The number of nitrogens with zero attached hydrogens (tertiary/aromatic N) is 3. The van der Waals surface area contributed by atoms with E-state index in [1.807, 2.05) is 45.2 Å². The van der Waals surface area contributed by atoms with Gasteiger partial charge in [0, 0.05) is 26.2 Å². The summed E-state index contributed by atoms with van der Waals surface area (Å²) in [5.41, 5.74) is 6.80. The third kappa shape index (κ3) is 7.96. The van der Waals surface area contributed by atoms with Crippen molar-refractivity contribution in [2.24, 2.45) is 11.7 Å². The second-order valence-corrected chi connectivity index (χ2v) is 8.96. The molecule has 214 valence electrons. The number of fused-ring (bicyclic) bond motifs is 2. The van der Waals surface area contributed by atoms with Gasteiger partial charge in [-0.15, -0.1) is 0 Å². The van der Waals surface area contributed by atoms with E-state index in [1.54, 1.807) is 18.1 Å². The zero-order chi connectivity index (χ0) is 29.1. The fourth-order valence-corrected chi connectivity index (χ4v) is 4.37. The van der Waals surface area contributed by atoms with Crippen LogP contribution in [0.5, 0.6) is 11.5 Å². The second-order valence-electron chi connectivity index (χ2n) is 8.96. The number of hydrogen-bond acceptors (Lipinski definition) is 10. The van der Waals surface area contributed by atoms with Gasteiger partial charge in [-0.25, -0.2) is 15.0 Å². The van der Waals surface area contributed by atoms with Gasteiger partial charge in [-0.05, 0) is 54.3 Å². The number of carbonyl (C=O) groups excluding carboxylic acids is 2. The van der Waals surface area contributed by atoms with E-state index in [9.17, 15) is 9.59 Å². The summed E-state index contributed by atoms with van der Waals surface area (Å²) in [7, 11) is 3.48. The van der Waals surface area contributed by atoms with Gasteiger partial charge in [0.1, 0.15) is 17.7 Å². The first-order chi connectivity index (χ1) is 19.4. The predicted octanol–water partition coefficient (Wildman–Crippen LogP) is 1.96. The zero-order valence-corrected chi connectivity index (χ0v) is 23.4. The fourth-order valence-electron chi connectivity index (χ4n) is 4.37. The molecule has 2 aliphatic rings. The molecule has 0 saturated heterocycles. The summed E-state index contributed by atoms with van der Waals surface area (Å²) < 4.78 is 10.7. The molecule has 2 aromatic carbocycles. The Balaban J connectivity index is 0.000000827. The number of aromatic nitrogens is 2. The molecule has 1 unspecified atom stereocenters. The minimum absolute atomic E-state index is 0.111. The first kappa shape index (κ1) is 30.4. The third-order valence-electron chi connectivity index (χ3n) is 6.04. The van der Waals surface area contributed by atoms with Crippen LogP contribution in [0.15, 0.2) is 48.8 Å². The van der Waals surface area contributed by atoms with Gasteiger partial charge in [0.2, 0.25) is 6.79 Å². The highest BCUT2D eigenvalue weighted by atomic mass is 16.7. The van der Waals surface area contributed by atoms with Crippen molar-refractivity contribution in [2.45, 2.75) is 45.8 Å². The van der Waals surface area contributed by atoms with Crippen LogP contribution in [-0.2, 0) is 19.5 Å². The molecule has 3 aromatic rings. The van der Waals surface area contributed by atoms with Gasteiger partial charge in [0.25, 0.3) is 11.8 Å². The molecule has 40 heavy (non-hydrogen) atoms. The smallest absolute Gasteiger partial charge is 0.270 e. The topological polar surface area (TPSA) is 170 Å². The molecule has 0 bridgehead atoms. The van der Waals surface area contributed by atoms with Crippen LogP contribution >= 0.6 is 0 Å². The Kier molecular flexibility index (Phi) is 11.3. The maximum Gasteiger partial charge on any atom is 0.270 e. The summed E-state index contributed by atoms with van der Waals surface area (Å²) in [4.78, 5) is 33.6. The number of rotatable bonds is 7. The minimum Gasteiger partial charge on any atom is -0.454 e. The van der Waals surface area contributed by atoms with Gasteiger partial charge in [-0.2, -0.15) is 0 Å². The number of aryl methyl sites for hydroxylation is 1. The molecule has 1 atom stereocenters. The number of amides is 2. The number of hydrazine groups is 2. The van der Waals surface area contributed by atoms with Crippen LogP contribution in [0.2, 0.25) is 0 Å². The first-order valence-corrected chi connectivity index (χ1v) is 13.1. The summed E-state index contributed by atoms with van der Waals surface area (Å²) in [6.45, 7) is 5.13. The van der Waals surface area contributed by atoms with Gasteiger partial charge in [-0.1, -0.05) is 38.1 Å². The maximum absolute atomic E-state index is 12.9. The van der Waals surface area contributed by atoms with Crippen LogP contribution in [-0.4, -0.2) is 47.7 Å². The fraction of sp³-hybridized carbons (Fsp3) is 0.357. The molecule has 12 nitrogen and oxygen atoms in total. The molecular formula is C28H38N8O4. The lowest BCUT2D eigenvalue weighted by molar-refractivity contribution is 0.0931. The SMILES string of the molecule is CC.CN(N)Cc1ccc2c(c1)CCC2NC(=O)c1cc(C(=O)NCc2ccc3c(c2)OCO3)ncn1.CNN. The summed E-state index contributed by atoms with van der Waals surface area (Å²) in [6, 6.07) is 13.0. The molecule has 0 radical (unpaired) electrons. The quantitative estimate of drug-likeness (QED) is 0.216. The molecule has 2 amide bonds. The highest BCUT2D eigenvalue weighted by molar-refractivity contribution is 5.97. The van der Waals surface area contributed by atoms with Crippen LogP contribution in [0.4, 0.5) is 0 Å². The molecule has 1 aliphatic heterocycles. The van der Waals surface area contributed by atoms with Crippen LogP contribution in [0.1, 0.15) is 69.5 Å². The lowest BCUT2D eigenvalue weighted by Crippen LogP contribution is -2.29. The Labute approximate surface area is 234 Å². The number of nitrogens with two attached hydrogens (primary N) is 2. The first-order valence-electron chi connectivity index (χ1n) is 13.1. The molecule has 0 fully saturated rings. The molecular weight excluding hydrogens is 512 g/mol. The number of hydrogen-bond donors (Lipinski definition) is 5. The largest absolute Gasteiger partial charge is 0.454 e. The van der Waals surface area contributed by atoms with E-state index in [0.717, 1.165) is 29.5 Å². The number of ether oxygens (including phenoxy) is 2. The normalized spacial score (nSPS) is 14.3. The maximum atomic E-state index is 12.9. The van der Waals surface area contributed by atoms with E-state index in [1.165, 1.54) is 18.0 Å². The summed E-state index contributed by atoms with van der Waals surface area (Å²) in [5.74, 6) is 10.9. The van der Waals surface area contributed by atoms with Crippen molar-refractivity contribution in [3.63, 3.8) is 0 Å². The van der Waals surface area contributed by atoms with Crippen LogP contribution in [0.25, 0.3) is 0 Å². The lowest BCUT2D eigenvalue weighted by Gasteiger charge is -2.15. The molecule has 0 saturated carbocycles. The standard InChI is InChI=1S/C25H26N6O4.C2H6.CH6N2/c1-31(26)12-16-2-5-18-17(8-16)4-6-19(18)30-25(33)21-10-20(28-13-29-21)24(32)27-11-15-3-7-22-23(9-15)35-14-34-22;1-2;1-3-2/h2-3,5,7-10,13,19H,4,6,11-12,14,26H2,1H3,(H,27,32)(H,30,33);1-2H3;3H,2H2,1H3. The molecule has 0 spiro atoms. The van der Waals surface area contributed by atoms with Crippen molar-refractivity contribution < 1.29 is 19.1 Å². The molecule has 1 aromatic heterocycles. The Morgan fingerprint density at radius 2 is 1.68 bits per heavy atom.